The van der Waals surface area contributed by atoms with Crippen molar-refractivity contribution >= 4 is 39.1 Å². The minimum Gasteiger partial charge on any atom is -0.346 e. The van der Waals surface area contributed by atoms with Gasteiger partial charge in [-0.3, -0.25) is 14.9 Å². The van der Waals surface area contributed by atoms with Crippen LogP contribution in [0.25, 0.3) is 0 Å². The SMILES string of the molecule is O=C(NC1(CBr)CC1)c1cc(Cl)ccc1[N+](=O)[O-]. The van der Waals surface area contributed by atoms with E-state index in [1.807, 2.05) is 0 Å². The number of rotatable bonds is 4. The summed E-state index contributed by atoms with van der Waals surface area (Å²) < 4.78 is 0. The van der Waals surface area contributed by atoms with E-state index < -0.39 is 10.8 Å². The molecule has 5 nitrogen and oxygen atoms in total. The number of hydrogen-bond acceptors (Lipinski definition) is 3. The monoisotopic (exact) mass is 332 g/mol. The van der Waals surface area contributed by atoms with Crippen LogP contribution in [0, 0.1) is 10.1 Å². The molecule has 0 heterocycles. The second-order valence-electron chi connectivity index (χ2n) is 4.29. The van der Waals surface area contributed by atoms with Gasteiger partial charge in [-0.1, -0.05) is 27.5 Å². The molecular weight excluding hydrogens is 323 g/mol. The van der Waals surface area contributed by atoms with Gasteiger partial charge in [0, 0.05) is 16.4 Å². The third-order valence-corrected chi connectivity index (χ3v) is 4.20. The molecule has 1 aromatic carbocycles. The van der Waals surface area contributed by atoms with Crippen molar-refractivity contribution < 1.29 is 9.72 Å². The first-order valence-electron chi connectivity index (χ1n) is 5.30. The van der Waals surface area contributed by atoms with Crippen molar-refractivity contribution in [1.82, 2.24) is 5.32 Å². The van der Waals surface area contributed by atoms with Crippen molar-refractivity contribution in [3.63, 3.8) is 0 Å². The van der Waals surface area contributed by atoms with Gasteiger partial charge in [0.1, 0.15) is 5.56 Å². The molecule has 1 saturated carbocycles. The number of nitrogens with zero attached hydrogens (tertiary/aromatic N) is 1. The predicted molar refractivity (Wildman–Crippen MR) is 71.3 cm³/mol. The average Bonchev–Trinajstić information content (AvgIpc) is 3.09. The second kappa shape index (κ2) is 4.85. The summed E-state index contributed by atoms with van der Waals surface area (Å²) >= 11 is 9.10. The second-order valence-corrected chi connectivity index (χ2v) is 5.28. The van der Waals surface area contributed by atoms with Crippen LogP contribution in [-0.4, -0.2) is 21.7 Å². The minimum absolute atomic E-state index is 0.000255. The molecule has 0 aromatic heterocycles. The smallest absolute Gasteiger partial charge is 0.282 e. The van der Waals surface area contributed by atoms with Gasteiger partial charge in [0.2, 0.25) is 0 Å². The summed E-state index contributed by atoms with van der Waals surface area (Å²) in [7, 11) is 0. The zero-order chi connectivity index (χ0) is 13.3. The highest BCUT2D eigenvalue weighted by atomic mass is 79.9. The number of nitrogens with one attached hydrogen (secondary N) is 1. The molecule has 0 aliphatic heterocycles. The maximum absolute atomic E-state index is 12.0. The highest BCUT2D eigenvalue weighted by Gasteiger charge is 2.43. The summed E-state index contributed by atoms with van der Waals surface area (Å²) in [6.07, 6.45) is 1.75. The Morgan fingerprint density at radius 2 is 2.22 bits per heavy atom. The van der Waals surface area contributed by atoms with Gasteiger partial charge in [0.25, 0.3) is 11.6 Å². The van der Waals surface area contributed by atoms with E-state index in [-0.39, 0.29) is 16.8 Å². The van der Waals surface area contributed by atoms with Crippen LogP contribution in [0.5, 0.6) is 0 Å². The summed E-state index contributed by atoms with van der Waals surface area (Å²) in [5.41, 5.74) is -0.491. The van der Waals surface area contributed by atoms with Crippen molar-refractivity contribution in [2.45, 2.75) is 18.4 Å². The van der Waals surface area contributed by atoms with Gasteiger partial charge in [0.05, 0.1) is 10.5 Å². The summed E-state index contributed by atoms with van der Waals surface area (Å²) in [6, 6.07) is 3.96. The Hall–Kier alpha value is -1.14. The lowest BCUT2D eigenvalue weighted by Gasteiger charge is -2.14. The Morgan fingerprint density at radius 3 is 2.72 bits per heavy atom. The van der Waals surface area contributed by atoms with Crippen LogP contribution in [0.3, 0.4) is 0 Å². The molecule has 1 aromatic rings. The zero-order valence-corrected chi connectivity index (χ0v) is 11.6. The van der Waals surface area contributed by atoms with Gasteiger partial charge in [-0.05, 0) is 25.0 Å². The van der Waals surface area contributed by atoms with Crippen LogP contribution in [0.15, 0.2) is 18.2 Å². The van der Waals surface area contributed by atoms with E-state index in [2.05, 4.69) is 21.2 Å². The number of alkyl halides is 1. The van der Waals surface area contributed by atoms with Gasteiger partial charge in [-0.2, -0.15) is 0 Å². The first-order valence-corrected chi connectivity index (χ1v) is 6.80. The van der Waals surface area contributed by atoms with Gasteiger partial charge in [-0.15, -0.1) is 0 Å². The fraction of sp³-hybridized carbons (Fsp3) is 0.364. The molecule has 0 spiro atoms. The molecule has 0 saturated heterocycles. The van der Waals surface area contributed by atoms with Crippen molar-refractivity contribution in [3.8, 4) is 0 Å². The van der Waals surface area contributed by atoms with E-state index in [0.717, 1.165) is 12.8 Å². The lowest BCUT2D eigenvalue weighted by atomic mass is 10.1. The molecule has 1 aliphatic carbocycles. The molecule has 1 amide bonds. The molecule has 1 N–H and O–H groups in total. The van der Waals surface area contributed by atoms with Gasteiger partial charge >= 0.3 is 0 Å². The summed E-state index contributed by atoms with van der Waals surface area (Å²) in [5.74, 6) is -0.457. The van der Waals surface area contributed by atoms with Crippen LogP contribution in [0.1, 0.15) is 23.2 Å². The molecule has 2 rings (SSSR count). The fourth-order valence-corrected chi connectivity index (χ4v) is 2.47. The van der Waals surface area contributed by atoms with Crippen molar-refractivity contribution in [2.24, 2.45) is 0 Å². The fourth-order valence-electron chi connectivity index (χ4n) is 1.60. The van der Waals surface area contributed by atoms with Crippen LogP contribution >= 0.6 is 27.5 Å². The van der Waals surface area contributed by atoms with E-state index in [1.165, 1.54) is 18.2 Å². The van der Waals surface area contributed by atoms with E-state index in [1.54, 1.807) is 0 Å². The molecule has 0 radical (unpaired) electrons. The number of carbonyl (C=O) groups excluding carboxylic acids is 1. The van der Waals surface area contributed by atoms with Crippen molar-refractivity contribution in [2.75, 3.05) is 5.33 Å². The normalized spacial score (nSPS) is 16.1. The first-order chi connectivity index (χ1) is 8.47. The molecular formula is C11H10BrClN2O3. The molecule has 18 heavy (non-hydrogen) atoms. The molecule has 1 fully saturated rings. The Bertz CT molecular complexity index is 517. The lowest BCUT2D eigenvalue weighted by molar-refractivity contribution is -0.385. The van der Waals surface area contributed by atoms with E-state index >= 15 is 0 Å². The Balaban J connectivity index is 2.29. The van der Waals surface area contributed by atoms with E-state index in [4.69, 9.17) is 11.6 Å². The number of halogens is 2. The quantitative estimate of drug-likeness (QED) is 0.523. The zero-order valence-electron chi connectivity index (χ0n) is 9.28. The third-order valence-electron chi connectivity index (χ3n) is 2.89. The van der Waals surface area contributed by atoms with Gasteiger partial charge < -0.3 is 5.32 Å². The molecule has 0 atom stereocenters. The van der Waals surface area contributed by atoms with E-state index in [9.17, 15) is 14.9 Å². The molecule has 0 unspecified atom stereocenters. The van der Waals surface area contributed by atoms with Crippen molar-refractivity contribution in [3.05, 3.63) is 38.9 Å². The number of amides is 1. The van der Waals surface area contributed by atoms with Gasteiger partial charge in [0.15, 0.2) is 0 Å². The highest BCUT2D eigenvalue weighted by molar-refractivity contribution is 9.09. The highest BCUT2D eigenvalue weighted by Crippen LogP contribution is 2.37. The minimum atomic E-state index is -0.584. The van der Waals surface area contributed by atoms with Gasteiger partial charge in [-0.25, -0.2) is 0 Å². The van der Waals surface area contributed by atoms with Crippen LogP contribution in [-0.2, 0) is 0 Å². The first kappa shape index (κ1) is 13.3. The van der Waals surface area contributed by atoms with Crippen LogP contribution < -0.4 is 5.32 Å². The maximum Gasteiger partial charge on any atom is 0.282 e. The summed E-state index contributed by atoms with van der Waals surface area (Å²) in [6.45, 7) is 0. The molecule has 1 aliphatic rings. The standard InChI is InChI=1S/C11H10BrClN2O3/c12-6-11(3-4-11)14-10(16)8-5-7(13)1-2-9(8)15(17)18/h1-2,5H,3-4,6H2,(H,14,16). The predicted octanol–water partition coefficient (Wildman–Crippen LogP) is 2.91. The molecule has 7 heteroatoms. The Labute approximate surface area is 117 Å². The molecule has 0 bridgehead atoms. The maximum atomic E-state index is 12.0. The number of carbonyl (C=O) groups is 1. The largest absolute Gasteiger partial charge is 0.346 e. The molecule has 96 valence electrons. The third kappa shape index (κ3) is 2.64. The Kier molecular flexibility index (Phi) is 3.59. The topological polar surface area (TPSA) is 72.2 Å². The van der Waals surface area contributed by atoms with Crippen molar-refractivity contribution in [1.29, 1.82) is 0 Å². The number of benzene rings is 1. The summed E-state index contributed by atoms with van der Waals surface area (Å²) in [4.78, 5) is 22.3. The number of nitro groups is 1. The lowest BCUT2D eigenvalue weighted by Crippen LogP contribution is -2.38. The van der Waals surface area contributed by atoms with E-state index in [0.29, 0.717) is 10.4 Å². The average molecular weight is 334 g/mol. The van der Waals surface area contributed by atoms with Crippen LogP contribution in [0.2, 0.25) is 5.02 Å². The number of nitro benzene ring substituents is 1. The summed E-state index contributed by atoms with van der Waals surface area (Å²) in [5, 5.41) is 14.6. The van der Waals surface area contributed by atoms with Crippen LogP contribution in [0.4, 0.5) is 5.69 Å². The Morgan fingerprint density at radius 1 is 1.56 bits per heavy atom. The number of hydrogen-bond donors (Lipinski definition) is 1.